The molecule has 0 bridgehead atoms. The van der Waals surface area contributed by atoms with E-state index in [1.54, 1.807) is 18.2 Å². The van der Waals surface area contributed by atoms with Gasteiger partial charge in [0.05, 0.1) is 5.56 Å². The number of anilines is 2. The molecule has 2 aromatic carbocycles. The van der Waals surface area contributed by atoms with Gasteiger partial charge in [0.25, 0.3) is 11.8 Å². The van der Waals surface area contributed by atoms with Crippen molar-refractivity contribution in [3.05, 3.63) is 59.4 Å². The minimum Gasteiger partial charge on any atom is -0.377 e. The van der Waals surface area contributed by atoms with E-state index in [2.05, 4.69) is 10.6 Å². The van der Waals surface area contributed by atoms with Gasteiger partial charge in [0.2, 0.25) is 0 Å². The Hall–Kier alpha value is -2.89. The molecule has 0 aliphatic rings. The van der Waals surface area contributed by atoms with E-state index in [4.69, 9.17) is 0 Å². The minimum atomic E-state index is -0.402. The standard InChI is InChI=1S/C20H24FN3O2/c1-13(2)12-22-20(26)17-11-16(9-10-18(17)24(3)4)23-19(25)14-5-7-15(21)8-6-14/h5-11,13H,12H2,1-4H3,(H,22,26)(H,23,25). The lowest BCUT2D eigenvalue weighted by atomic mass is 10.1. The number of carbonyl (C=O) groups excluding carboxylic acids is 2. The highest BCUT2D eigenvalue weighted by atomic mass is 19.1. The summed E-state index contributed by atoms with van der Waals surface area (Å²) in [6.07, 6.45) is 0. The first-order chi connectivity index (χ1) is 12.3. The molecular formula is C20H24FN3O2. The van der Waals surface area contributed by atoms with Crippen molar-refractivity contribution in [2.75, 3.05) is 30.9 Å². The van der Waals surface area contributed by atoms with E-state index in [0.717, 1.165) is 5.69 Å². The summed E-state index contributed by atoms with van der Waals surface area (Å²) in [5, 5.41) is 5.64. The van der Waals surface area contributed by atoms with E-state index in [1.807, 2.05) is 32.8 Å². The number of benzene rings is 2. The zero-order chi connectivity index (χ0) is 19.3. The molecular weight excluding hydrogens is 333 g/mol. The van der Waals surface area contributed by atoms with Gasteiger partial charge in [-0.1, -0.05) is 13.8 Å². The monoisotopic (exact) mass is 357 g/mol. The summed E-state index contributed by atoms with van der Waals surface area (Å²) in [6, 6.07) is 10.4. The molecule has 0 aromatic heterocycles. The molecule has 0 radical (unpaired) electrons. The Morgan fingerprint density at radius 1 is 1.04 bits per heavy atom. The molecule has 0 saturated heterocycles. The van der Waals surface area contributed by atoms with Crippen LogP contribution in [0.1, 0.15) is 34.6 Å². The van der Waals surface area contributed by atoms with Crippen LogP contribution < -0.4 is 15.5 Å². The van der Waals surface area contributed by atoms with Gasteiger partial charge in [0.15, 0.2) is 0 Å². The maximum atomic E-state index is 13.0. The fraction of sp³-hybridized carbons (Fsp3) is 0.300. The van der Waals surface area contributed by atoms with Crippen molar-refractivity contribution in [2.45, 2.75) is 13.8 Å². The largest absolute Gasteiger partial charge is 0.377 e. The highest BCUT2D eigenvalue weighted by Crippen LogP contribution is 2.23. The first kappa shape index (κ1) is 19.4. The summed E-state index contributed by atoms with van der Waals surface area (Å²) in [7, 11) is 3.71. The molecule has 0 unspecified atom stereocenters. The highest BCUT2D eigenvalue weighted by Gasteiger charge is 2.15. The second-order valence-corrected chi connectivity index (χ2v) is 6.69. The topological polar surface area (TPSA) is 61.4 Å². The first-order valence-electron chi connectivity index (χ1n) is 8.44. The van der Waals surface area contributed by atoms with Crippen LogP contribution in [-0.2, 0) is 0 Å². The number of carbonyl (C=O) groups is 2. The predicted molar refractivity (Wildman–Crippen MR) is 102 cm³/mol. The SMILES string of the molecule is CC(C)CNC(=O)c1cc(NC(=O)c2ccc(F)cc2)ccc1N(C)C. The van der Waals surface area contributed by atoms with Crippen LogP contribution in [-0.4, -0.2) is 32.5 Å². The van der Waals surface area contributed by atoms with Crippen LogP contribution in [0.5, 0.6) is 0 Å². The second-order valence-electron chi connectivity index (χ2n) is 6.69. The molecule has 0 heterocycles. The average Bonchev–Trinajstić information content (AvgIpc) is 2.59. The van der Waals surface area contributed by atoms with E-state index in [9.17, 15) is 14.0 Å². The van der Waals surface area contributed by atoms with Gasteiger partial charge in [-0.15, -0.1) is 0 Å². The Labute approximate surface area is 153 Å². The number of hydrogen-bond acceptors (Lipinski definition) is 3. The Balaban J connectivity index is 2.24. The van der Waals surface area contributed by atoms with E-state index in [-0.39, 0.29) is 11.8 Å². The normalized spacial score (nSPS) is 10.5. The van der Waals surface area contributed by atoms with Crippen LogP contribution in [0.2, 0.25) is 0 Å². The molecule has 2 aromatic rings. The van der Waals surface area contributed by atoms with Gasteiger partial charge in [-0.25, -0.2) is 4.39 Å². The van der Waals surface area contributed by atoms with Crippen molar-refractivity contribution >= 4 is 23.2 Å². The molecule has 0 spiro atoms. The maximum absolute atomic E-state index is 13.0. The molecule has 138 valence electrons. The number of amides is 2. The molecule has 0 aliphatic heterocycles. The fourth-order valence-corrected chi connectivity index (χ4v) is 2.38. The second kappa shape index (κ2) is 8.47. The minimum absolute atomic E-state index is 0.194. The third kappa shape index (κ3) is 5.05. The predicted octanol–water partition coefficient (Wildman–Crippen LogP) is 3.53. The van der Waals surface area contributed by atoms with Crippen molar-refractivity contribution in [3.8, 4) is 0 Å². The quantitative estimate of drug-likeness (QED) is 0.831. The van der Waals surface area contributed by atoms with Gasteiger partial charge in [0.1, 0.15) is 5.82 Å². The van der Waals surface area contributed by atoms with Crippen LogP contribution in [0, 0.1) is 11.7 Å². The van der Waals surface area contributed by atoms with Crippen LogP contribution in [0.15, 0.2) is 42.5 Å². The summed E-state index contributed by atoms with van der Waals surface area (Å²) >= 11 is 0. The fourth-order valence-electron chi connectivity index (χ4n) is 2.38. The third-order valence-electron chi connectivity index (χ3n) is 3.76. The molecule has 26 heavy (non-hydrogen) atoms. The smallest absolute Gasteiger partial charge is 0.255 e. The molecule has 6 heteroatoms. The van der Waals surface area contributed by atoms with Crippen molar-refractivity contribution < 1.29 is 14.0 Å². The van der Waals surface area contributed by atoms with Gasteiger partial charge >= 0.3 is 0 Å². The zero-order valence-electron chi connectivity index (χ0n) is 15.5. The molecule has 0 aliphatic carbocycles. The summed E-state index contributed by atoms with van der Waals surface area (Å²) in [5.74, 6) is -0.625. The van der Waals surface area contributed by atoms with Gasteiger partial charge < -0.3 is 15.5 Å². The number of hydrogen-bond donors (Lipinski definition) is 2. The van der Waals surface area contributed by atoms with Gasteiger partial charge in [0, 0.05) is 37.6 Å². The molecule has 2 N–H and O–H groups in total. The Kier molecular flexibility index (Phi) is 6.33. The summed E-state index contributed by atoms with van der Waals surface area (Å²) < 4.78 is 13.0. The van der Waals surface area contributed by atoms with E-state index in [1.165, 1.54) is 24.3 Å². The number of nitrogens with one attached hydrogen (secondary N) is 2. The Morgan fingerprint density at radius 3 is 2.27 bits per heavy atom. The average molecular weight is 357 g/mol. The third-order valence-corrected chi connectivity index (χ3v) is 3.76. The van der Waals surface area contributed by atoms with Crippen LogP contribution in [0.25, 0.3) is 0 Å². The lowest BCUT2D eigenvalue weighted by Crippen LogP contribution is -2.29. The van der Waals surface area contributed by atoms with E-state index in [0.29, 0.717) is 29.3 Å². The Morgan fingerprint density at radius 2 is 1.69 bits per heavy atom. The van der Waals surface area contributed by atoms with Crippen LogP contribution in [0.4, 0.5) is 15.8 Å². The van der Waals surface area contributed by atoms with Crippen LogP contribution in [0.3, 0.4) is 0 Å². The maximum Gasteiger partial charge on any atom is 0.255 e. The van der Waals surface area contributed by atoms with Gasteiger partial charge in [-0.2, -0.15) is 0 Å². The number of halogens is 1. The molecule has 0 fully saturated rings. The van der Waals surface area contributed by atoms with Crippen molar-refractivity contribution in [3.63, 3.8) is 0 Å². The molecule has 2 rings (SSSR count). The van der Waals surface area contributed by atoms with Gasteiger partial charge in [-0.3, -0.25) is 9.59 Å². The summed E-state index contributed by atoms with van der Waals surface area (Å²) in [6.45, 7) is 4.61. The van der Waals surface area contributed by atoms with Gasteiger partial charge in [-0.05, 0) is 48.4 Å². The van der Waals surface area contributed by atoms with Crippen LogP contribution >= 0.6 is 0 Å². The first-order valence-corrected chi connectivity index (χ1v) is 8.44. The molecule has 5 nitrogen and oxygen atoms in total. The number of nitrogens with zero attached hydrogens (tertiary/aromatic N) is 1. The highest BCUT2D eigenvalue weighted by molar-refractivity contribution is 6.06. The Bertz CT molecular complexity index is 786. The van der Waals surface area contributed by atoms with Crippen molar-refractivity contribution in [1.82, 2.24) is 5.32 Å². The number of rotatable bonds is 6. The summed E-state index contributed by atoms with van der Waals surface area (Å²) in [4.78, 5) is 26.7. The molecule has 0 atom stereocenters. The summed E-state index contributed by atoms with van der Waals surface area (Å²) in [5.41, 5.74) is 2.08. The molecule has 0 saturated carbocycles. The zero-order valence-corrected chi connectivity index (χ0v) is 15.5. The van der Waals surface area contributed by atoms with E-state index < -0.39 is 5.82 Å². The van der Waals surface area contributed by atoms with Crippen molar-refractivity contribution in [2.24, 2.45) is 5.92 Å². The van der Waals surface area contributed by atoms with E-state index >= 15 is 0 Å². The molecule has 2 amide bonds. The lowest BCUT2D eigenvalue weighted by Gasteiger charge is -2.19. The lowest BCUT2D eigenvalue weighted by molar-refractivity contribution is 0.0948. The van der Waals surface area contributed by atoms with Crippen molar-refractivity contribution in [1.29, 1.82) is 0 Å².